The van der Waals surface area contributed by atoms with E-state index in [9.17, 15) is 14.4 Å². The molecule has 0 aliphatic heterocycles. The van der Waals surface area contributed by atoms with Gasteiger partial charge in [-0.3, -0.25) is 4.79 Å². The van der Waals surface area contributed by atoms with E-state index in [0.717, 1.165) is 11.1 Å². The van der Waals surface area contributed by atoms with Crippen molar-refractivity contribution in [3.63, 3.8) is 0 Å². The molecule has 0 aliphatic rings. The number of benzene rings is 2. The fraction of sp³-hybridized carbons (Fsp3) is 0.286. The zero-order valence-corrected chi connectivity index (χ0v) is 15.9. The van der Waals surface area contributed by atoms with Gasteiger partial charge in [0.15, 0.2) is 0 Å². The Morgan fingerprint density at radius 1 is 0.828 bits per heavy atom. The monoisotopic (exact) mass is 400 g/mol. The number of carboxylic acids is 1. The van der Waals surface area contributed by atoms with Gasteiger partial charge in [0, 0.05) is 12.6 Å². The normalized spacial score (nSPS) is 11.2. The predicted octanol–water partition coefficient (Wildman–Crippen LogP) is 3.07. The van der Waals surface area contributed by atoms with Crippen LogP contribution in [0, 0.1) is 0 Å². The first kappa shape index (κ1) is 21.7. The Labute approximate surface area is 168 Å². The molecule has 1 atom stereocenters. The summed E-state index contributed by atoms with van der Waals surface area (Å²) in [6.45, 7) is 0.357. The number of aliphatic carboxylic acids is 1. The molecule has 2 aromatic carbocycles. The second kappa shape index (κ2) is 12.0. The van der Waals surface area contributed by atoms with Gasteiger partial charge in [0.1, 0.15) is 13.2 Å². The van der Waals surface area contributed by atoms with Crippen molar-refractivity contribution in [2.24, 2.45) is 0 Å². The van der Waals surface area contributed by atoms with Crippen LogP contribution in [0.5, 0.6) is 0 Å². The first-order valence-corrected chi connectivity index (χ1v) is 9.16. The van der Waals surface area contributed by atoms with Crippen molar-refractivity contribution < 1.29 is 29.0 Å². The highest BCUT2D eigenvalue weighted by molar-refractivity contribution is 5.71. The first-order valence-electron chi connectivity index (χ1n) is 9.16. The predicted molar refractivity (Wildman–Crippen MR) is 105 cm³/mol. The number of carbonyl (C=O) groups excluding carboxylic acids is 2. The van der Waals surface area contributed by atoms with E-state index >= 15 is 0 Å². The lowest BCUT2D eigenvalue weighted by Gasteiger charge is -2.17. The molecular weight excluding hydrogens is 376 g/mol. The summed E-state index contributed by atoms with van der Waals surface area (Å²) in [5.41, 5.74) is 1.68. The summed E-state index contributed by atoms with van der Waals surface area (Å²) in [7, 11) is 0. The van der Waals surface area contributed by atoms with Crippen LogP contribution in [0.1, 0.15) is 24.0 Å². The van der Waals surface area contributed by atoms with E-state index in [2.05, 4.69) is 10.6 Å². The van der Waals surface area contributed by atoms with E-state index in [1.54, 1.807) is 0 Å². The molecule has 0 bridgehead atoms. The van der Waals surface area contributed by atoms with Crippen LogP contribution in [0.2, 0.25) is 0 Å². The van der Waals surface area contributed by atoms with Gasteiger partial charge in [0.25, 0.3) is 0 Å². The van der Waals surface area contributed by atoms with Crippen LogP contribution in [0.4, 0.5) is 9.59 Å². The molecule has 0 heterocycles. The molecular formula is C21H24N2O6. The van der Waals surface area contributed by atoms with E-state index in [0.29, 0.717) is 0 Å². The van der Waals surface area contributed by atoms with Gasteiger partial charge in [0.2, 0.25) is 0 Å². The highest BCUT2D eigenvalue weighted by atomic mass is 16.6. The number of hydrogen-bond donors (Lipinski definition) is 3. The maximum absolute atomic E-state index is 11.9. The summed E-state index contributed by atoms with van der Waals surface area (Å²) < 4.78 is 10.2. The van der Waals surface area contributed by atoms with Crippen LogP contribution in [0.15, 0.2) is 60.7 Å². The molecule has 0 fully saturated rings. The number of carboxylic acid groups (broad SMARTS) is 1. The smallest absolute Gasteiger partial charge is 0.407 e. The number of carbonyl (C=O) groups is 3. The summed E-state index contributed by atoms with van der Waals surface area (Å²) in [4.78, 5) is 34.7. The molecule has 8 heteroatoms. The van der Waals surface area contributed by atoms with Gasteiger partial charge in [-0.1, -0.05) is 60.7 Å². The molecule has 1 unspecified atom stereocenters. The summed E-state index contributed by atoms with van der Waals surface area (Å²) in [5, 5.41) is 14.1. The minimum atomic E-state index is -1.06. The number of amides is 2. The minimum absolute atomic E-state index is 0.0799. The average molecular weight is 400 g/mol. The minimum Gasteiger partial charge on any atom is -0.481 e. The number of alkyl carbamates (subject to hydrolysis) is 2. The molecule has 2 rings (SSSR count). The largest absolute Gasteiger partial charge is 0.481 e. The molecule has 2 amide bonds. The lowest BCUT2D eigenvalue weighted by Crippen LogP contribution is -2.39. The molecule has 154 valence electrons. The Kier molecular flexibility index (Phi) is 9.01. The Bertz CT molecular complexity index is 782. The SMILES string of the molecule is O=C(O)CC(CCNC(=O)OCc1ccccc1)NC(=O)OCc1ccccc1. The molecule has 3 N–H and O–H groups in total. The highest BCUT2D eigenvalue weighted by Gasteiger charge is 2.17. The quantitative estimate of drug-likeness (QED) is 0.565. The van der Waals surface area contributed by atoms with Gasteiger partial charge in [-0.25, -0.2) is 9.59 Å². The Balaban J connectivity index is 1.70. The zero-order valence-electron chi connectivity index (χ0n) is 15.9. The standard InChI is InChI=1S/C21H24N2O6/c24-19(25)13-18(23-21(27)29-15-17-9-5-2-6-10-17)11-12-22-20(26)28-14-16-7-3-1-4-8-16/h1-10,18H,11-15H2,(H,22,26)(H,23,27)(H,24,25). The third kappa shape index (κ3) is 9.28. The van der Waals surface area contributed by atoms with Crippen LogP contribution in [-0.2, 0) is 27.5 Å². The van der Waals surface area contributed by atoms with Gasteiger partial charge < -0.3 is 25.2 Å². The summed E-state index contributed by atoms with van der Waals surface area (Å²) in [6, 6.07) is 17.7. The number of ether oxygens (including phenoxy) is 2. The van der Waals surface area contributed by atoms with Crippen molar-refractivity contribution in [2.45, 2.75) is 32.1 Å². The number of rotatable bonds is 10. The number of hydrogen-bond acceptors (Lipinski definition) is 5. The van der Waals surface area contributed by atoms with Crippen molar-refractivity contribution in [2.75, 3.05) is 6.54 Å². The molecule has 0 aromatic heterocycles. The average Bonchev–Trinajstić information content (AvgIpc) is 2.72. The Morgan fingerprint density at radius 3 is 1.86 bits per heavy atom. The molecule has 29 heavy (non-hydrogen) atoms. The fourth-order valence-corrected chi connectivity index (χ4v) is 2.49. The topological polar surface area (TPSA) is 114 Å². The van der Waals surface area contributed by atoms with Crippen molar-refractivity contribution in [3.05, 3.63) is 71.8 Å². The second-order valence-electron chi connectivity index (χ2n) is 6.28. The first-order chi connectivity index (χ1) is 14.0. The molecule has 0 radical (unpaired) electrons. The third-order valence-corrected chi connectivity index (χ3v) is 3.93. The summed E-state index contributed by atoms with van der Waals surface area (Å²) in [5.74, 6) is -1.06. The van der Waals surface area contributed by atoms with E-state index in [1.165, 1.54) is 0 Å². The Hall–Kier alpha value is -3.55. The maximum atomic E-state index is 11.9. The van der Waals surface area contributed by atoms with Crippen molar-refractivity contribution in [1.29, 1.82) is 0 Å². The second-order valence-corrected chi connectivity index (χ2v) is 6.28. The van der Waals surface area contributed by atoms with Gasteiger partial charge in [0.05, 0.1) is 6.42 Å². The van der Waals surface area contributed by atoms with Crippen molar-refractivity contribution in [3.8, 4) is 0 Å². The van der Waals surface area contributed by atoms with E-state index < -0.39 is 24.2 Å². The fourth-order valence-electron chi connectivity index (χ4n) is 2.49. The van der Waals surface area contributed by atoms with Crippen LogP contribution in [-0.4, -0.2) is 35.8 Å². The summed E-state index contributed by atoms with van der Waals surface area (Å²) >= 11 is 0. The third-order valence-electron chi connectivity index (χ3n) is 3.93. The van der Waals surface area contributed by atoms with E-state index in [4.69, 9.17) is 14.6 Å². The number of nitrogens with one attached hydrogen (secondary N) is 2. The van der Waals surface area contributed by atoms with Crippen LogP contribution in [0.3, 0.4) is 0 Å². The maximum Gasteiger partial charge on any atom is 0.407 e. The van der Waals surface area contributed by atoms with Gasteiger partial charge >= 0.3 is 18.2 Å². The Morgan fingerprint density at radius 2 is 1.34 bits per heavy atom. The van der Waals surface area contributed by atoms with Gasteiger partial charge in [-0.05, 0) is 17.5 Å². The molecule has 0 saturated heterocycles. The van der Waals surface area contributed by atoms with Crippen molar-refractivity contribution >= 4 is 18.2 Å². The molecule has 2 aromatic rings. The zero-order chi connectivity index (χ0) is 20.9. The molecule has 0 saturated carbocycles. The molecule has 8 nitrogen and oxygen atoms in total. The molecule has 0 spiro atoms. The summed E-state index contributed by atoms with van der Waals surface area (Å²) in [6.07, 6.45) is -1.41. The van der Waals surface area contributed by atoms with Gasteiger partial charge in [-0.15, -0.1) is 0 Å². The van der Waals surface area contributed by atoms with E-state index in [-0.39, 0.29) is 32.6 Å². The lowest BCUT2D eigenvalue weighted by molar-refractivity contribution is -0.137. The van der Waals surface area contributed by atoms with Gasteiger partial charge in [-0.2, -0.15) is 0 Å². The van der Waals surface area contributed by atoms with Crippen LogP contribution < -0.4 is 10.6 Å². The van der Waals surface area contributed by atoms with Crippen LogP contribution >= 0.6 is 0 Å². The highest BCUT2D eigenvalue weighted by Crippen LogP contribution is 2.04. The van der Waals surface area contributed by atoms with Crippen molar-refractivity contribution in [1.82, 2.24) is 10.6 Å². The van der Waals surface area contributed by atoms with E-state index in [1.807, 2.05) is 60.7 Å². The molecule has 0 aliphatic carbocycles. The van der Waals surface area contributed by atoms with Crippen LogP contribution in [0.25, 0.3) is 0 Å². The lowest BCUT2D eigenvalue weighted by atomic mass is 10.1.